The average Bonchev–Trinajstić information content (AvgIpc) is 2.81. The van der Waals surface area contributed by atoms with E-state index in [1.807, 2.05) is 13.0 Å². The summed E-state index contributed by atoms with van der Waals surface area (Å²) in [6.45, 7) is 4.10. The average molecular weight is 277 g/mol. The van der Waals surface area contributed by atoms with Gasteiger partial charge >= 0.3 is 0 Å². The lowest BCUT2D eigenvalue weighted by Crippen LogP contribution is -2.32. The minimum absolute atomic E-state index is 0.0577. The highest BCUT2D eigenvalue weighted by atomic mass is 19.1. The second-order valence-corrected chi connectivity index (χ2v) is 5.21. The highest BCUT2D eigenvalue weighted by Crippen LogP contribution is 2.33. The summed E-state index contributed by atoms with van der Waals surface area (Å²) >= 11 is 0. The van der Waals surface area contributed by atoms with Crippen LogP contribution in [0.25, 0.3) is 0 Å². The fourth-order valence-corrected chi connectivity index (χ4v) is 2.66. The van der Waals surface area contributed by atoms with E-state index < -0.39 is 6.10 Å². The Kier molecular flexibility index (Phi) is 4.55. The first kappa shape index (κ1) is 14.7. The highest BCUT2D eigenvalue weighted by molar-refractivity contribution is 5.93. The Morgan fingerprint density at radius 1 is 1.45 bits per heavy atom. The topological polar surface area (TPSA) is 40.5 Å². The fraction of sp³-hybridized carbons (Fsp3) is 0.438. The molecule has 1 amide bonds. The van der Waals surface area contributed by atoms with Crippen LogP contribution in [0.4, 0.5) is 4.39 Å². The van der Waals surface area contributed by atoms with E-state index in [9.17, 15) is 14.3 Å². The van der Waals surface area contributed by atoms with Crippen molar-refractivity contribution in [1.82, 2.24) is 4.90 Å². The number of hydrogen-bond donors (Lipinski definition) is 1. The zero-order chi connectivity index (χ0) is 14.7. The smallest absolute Gasteiger partial charge is 0.249 e. The Morgan fingerprint density at radius 2 is 2.10 bits per heavy atom. The van der Waals surface area contributed by atoms with E-state index in [-0.39, 0.29) is 17.8 Å². The fourth-order valence-electron chi connectivity index (χ4n) is 2.66. The number of β-amino-alcohol motifs (C(OH)–C–C–N with tert-alkyl or cyclic N) is 1. The predicted molar refractivity (Wildman–Crippen MR) is 75.5 cm³/mol. The largest absolute Gasteiger partial charge is 0.391 e. The summed E-state index contributed by atoms with van der Waals surface area (Å²) in [6, 6.07) is 5.95. The molecule has 1 aromatic carbocycles. The number of halogens is 1. The molecule has 3 nitrogen and oxygen atoms in total. The summed E-state index contributed by atoms with van der Waals surface area (Å²) in [5.41, 5.74) is 1.55. The normalized spacial score (nSPS) is 23.2. The molecule has 108 valence electrons. The quantitative estimate of drug-likeness (QED) is 0.863. The number of carbonyl (C=O) groups is 1. The molecular weight excluding hydrogens is 257 g/mol. The van der Waals surface area contributed by atoms with Crippen LogP contribution < -0.4 is 0 Å². The molecule has 1 aliphatic heterocycles. The van der Waals surface area contributed by atoms with Gasteiger partial charge in [-0.3, -0.25) is 4.79 Å². The lowest BCUT2D eigenvalue weighted by atomic mass is 10.0. The Balaban J connectivity index is 2.24. The van der Waals surface area contributed by atoms with Gasteiger partial charge in [0.25, 0.3) is 0 Å². The molecule has 1 aliphatic rings. The minimum Gasteiger partial charge on any atom is -0.391 e. The number of likely N-dealkylation sites (tertiary alicyclic amines) is 1. The van der Waals surface area contributed by atoms with Crippen molar-refractivity contribution in [2.75, 3.05) is 6.54 Å². The molecule has 4 heteroatoms. The number of hydrogen-bond acceptors (Lipinski definition) is 2. The Labute approximate surface area is 118 Å². The van der Waals surface area contributed by atoms with Gasteiger partial charge in [0.05, 0.1) is 12.1 Å². The van der Waals surface area contributed by atoms with Crippen molar-refractivity contribution in [2.24, 2.45) is 0 Å². The first-order valence-electron chi connectivity index (χ1n) is 6.94. The van der Waals surface area contributed by atoms with Gasteiger partial charge in [0, 0.05) is 12.1 Å². The zero-order valence-corrected chi connectivity index (χ0v) is 11.8. The first-order valence-corrected chi connectivity index (χ1v) is 6.94. The third-order valence-corrected chi connectivity index (χ3v) is 3.64. The van der Waals surface area contributed by atoms with Gasteiger partial charge < -0.3 is 10.0 Å². The third kappa shape index (κ3) is 3.07. The van der Waals surface area contributed by atoms with Crippen LogP contribution in [-0.2, 0) is 4.79 Å². The second kappa shape index (κ2) is 6.18. The molecule has 1 N–H and O–H groups in total. The Hall–Kier alpha value is -1.68. The second-order valence-electron chi connectivity index (χ2n) is 5.21. The van der Waals surface area contributed by atoms with Crippen molar-refractivity contribution < 1.29 is 14.3 Å². The van der Waals surface area contributed by atoms with Gasteiger partial charge in [-0.1, -0.05) is 25.1 Å². The molecule has 0 aromatic heterocycles. The van der Waals surface area contributed by atoms with Crippen LogP contribution in [0.3, 0.4) is 0 Å². The van der Waals surface area contributed by atoms with Crippen LogP contribution in [-0.4, -0.2) is 28.6 Å². The Bertz CT molecular complexity index is 510. The van der Waals surface area contributed by atoms with Crippen molar-refractivity contribution in [3.8, 4) is 0 Å². The number of benzene rings is 1. The number of rotatable bonds is 3. The van der Waals surface area contributed by atoms with Gasteiger partial charge in [-0.2, -0.15) is 0 Å². The maximum absolute atomic E-state index is 13.0. The molecule has 1 heterocycles. The molecule has 0 bridgehead atoms. The minimum atomic E-state index is -0.525. The van der Waals surface area contributed by atoms with Crippen molar-refractivity contribution in [3.05, 3.63) is 47.3 Å². The van der Waals surface area contributed by atoms with Crippen LogP contribution in [0.1, 0.15) is 38.3 Å². The number of carbonyl (C=O) groups excluding carboxylic acids is 1. The zero-order valence-electron chi connectivity index (χ0n) is 11.8. The summed E-state index contributed by atoms with van der Waals surface area (Å²) in [5.74, 6) is -0.357. The van der Waals surface area contributed by atoms with Crippen LogP contribution in [0, 0.1) is 5.82 Å². The number of aliphatic hydroxyl groups is 1. The van der Waals surface area contributed by atoms with Gasteiger partial charge in [0.15, 0.2) is 0 Å². The first-order chi connectivity index (χ1) is 9.52. The van der Waals surface area contributed by atoms with Crippen molar-refractivity contribution in [1.29, 1.82) is 0 Å². The molecule has 0 radical (unpaired) electrons. The number of allylic oxidation sites excluding steroid dienone is 1. The molecule has 2 unspecified atom stereocenters. The van der Waals surface area contributed by atoms with Crippen LogP contribution in [0.5, 0.6) is 0 Å². The van der Waals surface area contributed by atoms with Crippen LogP contribution in [0.15, 0.2) is 35.9 Å². The van der Waals surface area contributed by atoms with E-state index >= 15 is 0 Å². The molecule has 1 saturated heterocycles. The summed E-state index contributed by atoms with van der Waals surface area (Å²) in [7, 11) is 0. The summed E-state index contributed by atoms with van der Waals surface area (Å²) in [5, 5.41) is 9.86. The number of nitrogens with zero attached hydrogens (tertiary/aromatic N) is 1. The van der Waals surface area contributed by atoms with Gasteiger partial charge in [0.1, 0.15) is 5.82 Å². The number of amides is 1. The molecule has 0 spiro atoms. The van der Waals surface area contributed by atoms with E-state index in [1.54, 1.807) is 24.0 Å². The molecule has 1 fully saturated rings. The summed E-state index contributed by atoms with van der Waals surface area (Å²) in [4.78, 5) is 14.1. The van der Waals surface area contributed by atoms with Crippen molar-refractivity contribution >= 4 is 5.91 Å². The lowest BCUT2D eigenvalue weighted by Gasteiger charge is -2.25. The third-order valence-electron chi connectivity index (χ3n) is 3.64. The van der Waals surface area contributed by atoms with Crippen LogP contribution >= 0.6 is 0 Å². The number of aliphatic hydroxyl groups excluding tert-OH is 1. The van der Waals surface area contributed by atoms with Gasteiger partial charge in [0.2, 0.25) is 5.91 Å². The van der Waals surface area contributed by atoms with E-state index in [0.717, 1.165) is 12.0 Å². The SMILES string of the molecule is CCC=C(C)C(=O)N1CC(O)CC1c1ccc(F)cc1. The monoisotopic (exact) mass is 277 g/mol. The standard InChI is InChI=1S/C16H20FNO2/c1-3-4-11(2)16(20)18-10-14(19)9-15(18)12-5-7-13(17)8-6-12/h4-8,14-15,19H,3,9-10H2,1-2H3. The molecule has 20 heavy (non-hydrogen) atoms. The maximum atomic E-state index is 13.0. The highest BCUT2D eigenvalue weighted by Gasteiger charge is 2.35. The predicted octanol–water partition coefficient (Wildman–Crippen LogP) is 2.82. The van der Waals surface area contributed by atoms with Crippen molar-refractivity contribution in [2.45, 2.75) is 38.8 Å². The molecule has 0 saturated carbocycles. The molecule has 2 atom stereocenters. The van der Waals surface area contributed by atoms with E-state index in [0.29, 0.717) is 18.5 Å². The molecular formula is C16H20FNO2. The van der Waals surface area contributed by atoms with E-state index in [4.69, 9.17) is 0 Å². The molecule has 2 rings (SSSR count). The lowest BCUT2D eigenvalue weighted by molar-refractivity contribution is -0.128. The summed E-state index contributed by atoms with van der Waals surface area (Å²) in [6.07, 6.45) is 2.66. The van der Waals surface area contributed by atoms with Gasteiger partial charge in [-0.25, -0.2) is 4.39 Å². The molecule has 1 aromatic rings. The summed E-state index contributed by atoms with van der Waals surface area (Å²) < 4.78 is 13.0. The van der Waals surface area contributed by atoms with E-state index in [2.05, 4.69) is 0 Å². The van der Waals surface area contributed by atoms with Crippen LogP contribution in [0.2, 0.25) is 0 Å². The maximum Gasteiger partial charge on any atom is 0.249 e. The Morgan fingerprint density at radius 3 is 2.70 bits per heavy atom. The van der Waals surface area contributed by atoms with Gasteiger partial charge in [-0.15, -0.1) is 0 Å². The van der Waals surface area contributed by atoms with Gasteiger partial charge in [-0.05, 0) is 37.5 Å². The van der Waals surface area contributed by atoms with E-state index in [1.165, 1.54) is 12.1 Å². The van der Waals surface area contributed by atoms with Crippen molar-refractivity contribution in [3.63, 3.8) is 0 Å². The molecule has 0 aliphatic carbocycles.